The maximum absolute atomic E-state index is 12.9. The van der Waals surface area contributed by atoms with Gasteiger partial charge in [0.05, 0.1) is 0 Å². The Balaban J connectivity index is 1.75. The number of imide groups is 1. The van der Waals surface area contributed by atoms with Crippen molar-refractivity contribution in [1.82, 2.24) is 10.2 Å². The summed E-state index contributed by atoms with van der Waals surface area (Å²) in [6.07, 6.45) is 0.940. The smallest absolute Gasteiger partial charge is 0.324 e. The van der Waals surface area contributed by atoms with E-state index in [-0.39, 0.29) is 12.5 Å². The summed E-state index contributed by atoms with van der Waals surface area (Å²) < 4.78 is 0. The van der Waals surface area contributed by atoms with Gasteiger partial charge in [-0.3, -0.25) is 14.5 Å². The lowest BCUT2D eigenvalue weighted by Crippen LogP contribution is -2.42. The molecule has 0 radical (unpaired) electrons. The molecule has 0 spiro atoms. The van der Waals surface area contributed by atoms with Gasteiger partial charge >= 0.3 is 6.03 Å². The van der Waals surface area contributed by atoms with Crippen LogP contribution in [0.5, 0.6) is 0 Å². The summed E-state index contributed by atoms with van der Waals surface area (Å²) in [4.78, 5) is 38.9. The first kappa shape index (κ1) is 19.6. The van der Waals surface area contributed by atoms with Crippen LogP contribution in [0.4, 0.5) is 10.5 Å². The lowest BCUT2D eigenvalue weighted by molar-refractivity contribution is -0.133. The zero-order chi connectivity index (χ0) is 20.3. The van der Waals surface area contributed by atoms with Gasteiger partial charge in [0, 0.05) is 5.69 Å². The first-order valence-electron chi connectivity index (χ1n) is 9.45. The quantitative estimate of drug-likeness (QED) is 0.753. The maximum Gasteiger partial charge on any atom is 0.325 e. The molecule has 1 aliphatic heterocycles. The molecule has 1 saturated heterocycles. The van der Waals surface area contributed by atoms with Crippen LogP contribution in [0, 0.1) is 0 Å². The molecule has 6 heteroatoms. The Morgan fingerprint density at radius 2 is 1.75 bits per heavy atom. The number of benzene rings is 2. The lowest BCUT2D eigenvalue weighted by atomic mass is 9.92. The Labute approximate surface area is 164 Å². The van der Waals surface area contributed by atoms with Crippen LogP contribution in [0.1, 0.15) is 44.2 Å². The number of nitrogens with zero attached hydrogens (tertiary/aromatic N) is 1. The van der Waals surface area contributed by atoms with Crippen LogP contribution in [-0.2, 0) is 15.1 Å². The summed E-state index contributed by atoms with van der Waals surface area (Å²) in [6, 6.07) is 16.0. The van der Waals surface area contributed by atoms with Gasteiger partial charge in [0.2, 0.25) is 5.91 Å². The first-order chi connectivity index (χ1) is 13.4. The SMILES string of the molecule is CC[C@H](C)c1ccccc1NC(=O)CN1C(=O)N[C@](C)(c2ccccc2)C1=O. The van der Waals surface area contributed by atoms with Crippen molar-refractivity contribution in [2.45, 2.75) is 38.6 Å². The van der Waals surface area contributed by atoms with Gasteiger partial charge in [-0.1, -0.05) is 62.4 Å². The standard InChI is InChI=1S/C22H25N3O3/c1-4-15(2)17-12-8-9-13-18(17)23-19(26)14-25-20(27)22(3,24-21(25)28)16-10-6-5-7-11-16/h5-13,15H,4,14H2,1-3H3,(H,23,26)(H,24,28)/t15-,22+/m0/s1. The van der Waals surface area contributed by atoms with Crippen molar-refractivity contribution in [3.05, 3.63) is 65.7 Å². The molecule has 2 aromatic rings. The molecule has 0 unspecified atom stereocenters. The molecule has 146 valence electrons. The highest BCUT2D eigenvalue weighted by molar-refractivity contribution is 6.10. The fourth-order valence-electron chi connectivity index (χ4n) is 3.40. The van der Waals surface area contributed by atoms with Crippen molar-refractivity contribution < 1.29 is 14.4 Å². The van der Waals surface area contributed by atoms with Crippen LogP contribution in [-0.4, -0.2) is 29.3 Å². The molecule has 1 aliphatic rings. The summed E-state index contributed by atoms with van der Waals surface area (Å²) in [7, 11) is 0. The van der Waals surface area contributed by atoms with Crippen LogP contribution < -0.4 is 10.6 Å². The predicted octanol–water partition coefficient (Wildman–Crippen LogP) is 3.61. The third kappa shape index (κ3) is 3.63. The fraction of sp³-hybridized carbons (Fsp3) is 0.318. The zero-order valence-corrected chi connectivity index (χ0v) is 16.4. The molecular formula is C22H25N3O3. The third-order valence-electron chi connectivity index (χ3n) is 5.31. The van der Waals surface area contributed by atoms with Crippen molar-refractivity contribution >= 4 is 23.5 Å². The predicted molar refractivity (Wildman–Crippen MR) is 108 cm³/mol. The van der Waals surface area contributed by atoms with E-state index >= 15 is 0 Å². The highest BCUT2D eigenvalue weighted by Gasteiger charge is 2.49. The topological polar surface area (TPSA) is 78.5 Å². The van der Waals surface area contributed by atoms with E-state index in [0.717, 1.165) is 16.9 Å². The van der Waals surface area contributed by atoms with E-state index < -0.39 is 23.4 Å². The second-order valence-corrected chi connectivity index (χ2v) is 7.26. The summed E-state index contributed by atoms with van der Waals surface area (Å²) in [6.45, 7) is 5.50. The molecule has 3 rings (SSSR count). The summed E-state index contributed by atoms with van der Waals surface area (Å²) in [5.41, 5.74) is 1.25. The summed E-state index contributed by atoms with van der Waals surface area (Å²) >= 11 is 0. The van der Waals surface area contributed by atoms with Gasteiger partial charge in [0.15, 0.2) is 0 Å². The molecule has 2 aromatic carbocycles. The average Bonchev–Trinajstić information content (AvgIpc) is 2.92. The second-order valence-electron chi connectivity index (χ2n) is 7.26. The monoisotopic (exact) mass is 379 g/mol. The van der Waals surface area contributed by atoms with Crippen molar-refractivity contribution in [2.24, 2.45) is 0 Å². The number of urea groups is 1. The molecule has 0 bridgehead atoms. The van der Waals surface area contributed by atoms with Crippen LogP contribution >= 0.6 is 0 Å². The molecule has 1 fully saturated rings. The van der Waals surface area contributed by atoms with Crippen LogP contribution in [0.25, 0.3) is 0 Å². The van der Waals surface area contributed by atoms with E-state index in [0.29, 0.717) is 11.3 Å². The van der Waals surface area contributed by atoms with E-state index in [1.807, 2.05) is 30.3 Å². The largest absolute Gasteiger partial charge is 0.325 e. The summed E-state index contributed by atoms with van der Waals surface area (Å²) in [5, 5.41) is 5.56. The van der Waals surface area contributed by atoms with E-state index in [1.165, 1.54) is 0 Å². The molecule has 0 saturated carbocycles. The molecule has 2 N–H and O–H groups in total. The minimum Gasteiger partial charge on any atom is -0.324 e. The number of hydrogen-bond acceptors (Lipinski definition) is 3. The molecule has 2 atom stereocenters. The molecule has 0 aliphatic carbocycles. The average molecular weight is 379 g/mol. The number of amides is 4. The number of nitrogens with one attached hydrogen (secondary N) is 2. The molecule has 1 heterocycles. The highest BCUT2D eigenvalue weighted by Crippen LogP contribution is 2.29. The number of para-hydroxylation sites is 1. The lowest BCUT2D eigenvalue weighted by Gasteiger charge is -2.22. The van der Waals surface area contributed by atoms with Gasteiger partial charge < -0.3 is 10.6 Å². The van der Waals surface area contributed by atoms with Gasteiger partial charge in [0.25, 0.3) is 5.91 Å². The van der Waals surface area contributed by atoms with Gasteiger partial charge in [0.1, 0.15) is 12.1 Å². The van der Waals surface area contributed by atoms with Crippen LogP contribution in [0.3, 0.4) is 0 Å². The Morgan fingerprint density at radius 3 is 2.43 bits per heavy atom. The van der Waals surface area contributed by atoms with Gasteiger partial charge in [-0.25, -0.2) is 4.79 Å². The van der Waals surface area contributed by atoms with Crippen molar-refractivity contribution in [2.75, 3.05) is 11.9 Å². The van der Waals surface area contributed by atoms with E-state index in [1.54, 1.807) is 31.2 Å². The number of anilines is 1. The third-order valence-corrected chi connectivity index (χ3v) is 5.31. The number of carbonyl (C=O) groups excluding carboxylic acids is 3. The van der Waals surface area contributed by atoms with Crippen molar-refractivity contribution in [1.29, 1.82) is 0 Å². The van der Waals surface area contributed by atoms with Crippen molar-refractivity contribution in [3.63, 3.8) is 0 Å². The Kier molecular flexibility index (Phi) is 5.49. The molecule has 6 nitrogen and oxygen atoms in total. The molecule has 4 amide bonds. The van der Waals surface area contributed by atoms with E-state index in [2.05, 4.69) is 24.5 Å². The van der Waals surface area contributed by atoms with E-state index in [4.69, 9.17) is 0 Å². The number of hydrogen-bond donors (Lipinski definition) is 2. The van der Waals surface area contributed by atoms with Crippen LogP contribution in [0.15, 0.2) is 54.6 Å². The Morgan fingerprint density at radius 1 is 1.11 bits per heavy atom. The number of carbonyl (C=O) groups is 3. The zero-order valence-electron chi connectivity index (χ0n) is 16.4. The minimum atomic E-state index is -1.17. The van der Waals surface area contributed by atoms with Gasteiger partial charge in [-0.15, -0.1) is 0 Å². The van der Waals surface area contributed by atoms with Crippen molar-refractivity contribution in [3.8, 4) is 0 Å². The molecule has 0 aromatic heterocycles. The Bertz CT molecular complexity index is 897. The molecular weight excluding hydrogens is 354 g/mol. The Hall–Kier alpha value is -3.15. The highest BCUT2D eigenvalue weighted by atomic mass is 16.2. The van der Waals surface area contributed by atoms with Crippen LogP contribution in [0.2, 0.25) is 0 Å². The van der Waals surface area contributed by atoms with Gasteiger partial charge in [-0.2, -0.15) is 0 Å². The fourth-order valence-corrected chi connectivity index (χ4v) is 3.40. The number of rotatable bonds is 6. The van der Waals surface area contributed by atoms with Gasteiger partial charge in [-0.05, 0) is 36.5 Å². The maximum atomic E-state index is 12.9. The summed E-state index contributed by atoms with van der Waals surface area (Å²) in [5.74, 6) is -0.555. The second kappa shape index (κ2) is 7.84. The van der Waals surface area contributed by atoms with E-state index in [9.17, 15) is 14.4 Å². The first-order valence-corrected chi connectivity index (χ1v) is 9.45. The normalized spacial score (nSPS) is 20.0. The minimum absolute atomic E-state index is 0.287. The molecule has 28 heavy (non-hydrogen) atoms.